The van der Waals surface area contributed by atoms with Gasteiger partial charge in [-0.25, -0.2) is 0 Å². The number of H-pyrrole nitrogens is 1. The SMILES string of the molecule is CNc1cc(N)cc(-c2ccc[nH]2)c1CCO. The summed E-state index contributed by atoms with van der Waals surface area (Å²) in [5.41, 5.74) is 10.7. The molecule has 0 bridgehead atoms. The lowest BCUT2D eigenvalue weighted by molar-refractivity contribution is 0.300. The fourth-order valence-electron chi connectivity index (χ4n) is 2.04. The second-order valence-electron chi connectivity index (χ2n) is 3.90. The predicted molar refractivity (Wildman–Crippen MR) is 71.0 cm³/mol. The van der Waals surface area contributed by atoms with Crippen LogP contribution in [0.5, 0.6) is 0 Å². The van der Waals surface area contributed by atoms with Crippen molar-refractivity contribution in [2.75, 3.05) is 24.7 Å². The summed E-state index contributed by atoms with van der Waals surface area (Å²) in [6.07, 6.45) is 2.48. The van der Waals surface area contributed by atoms with E-state index in [1.807, 2.05) is 37.5 Å². The van der Waals surface area contributed by atoms with Crippen molar-refractivity contribution in [3.63, 3.8) is 0 Å². The summed E-state index contributed by atoms with van der Waals surface area (Å²) in [7, 11) is 1.86. The van der Waals surface area contributed by atoms with E-state index >= 15 is 0 Å². The van der Waals surface area contributed by atoms with Gasteiger partial charge in [-0.1, -0.05) is 0 Å². The molecule has 0 aliphatic carbocycles. The highest BCUT2D eigenvalue weighted by Crippen LogP contribution is 2.31. The van der Waals surface area contributed by atoms with E-state index in [0.717, 1.165) is 22.5 Å². The molecule has 0 aliphatic heterocycles. The molecule has 0 saturated carbocycles. The molecule has 1 aromatic heterocycles. The van der Waals surface area contributed by atoms with Gasteiger partial charge in [-0.15, -0.1) is 0 Å². The molecule has 2 aromatic rings. The minimum atomic E-state index is 0.117. The van der Waals surface area contributed by atoms with Crippen LogP contribution in [0.4, 0.5) is 11.4 Å². The van der Waals surface area contributed by atoms with Crippen molar-refractivity contribution < 1.29 is 5.11 Å². The Kier molecular flexibility index (Phi) is 3.35. The zero-order chi connectivity index (χ0) is 12.3. The number of anilines is 2. The van der Waals surface area contributed by atoms with Gasteiger partial charge in [-0.05, 0) is 36.2 Å². The van der Waals surface area contributed by atoms with Gasteiger partial charge in [-0.2, -0.15) is 0 Å². The molecule has 2 rings (SSSR count). The van der Waals surface area contributed by atoms with Crippen molar-refractivity contribution in [2.45, 2.75) is 6.42 Å². The number of rotatable bonds is 4. The van der Waals surface area contributed by atoms with Gasteiger partial charge >= 0.3 is 0 Å². The van der Waals surface area contributed by atoms with E-state index in [4.69, 9.17) is 10.8 Å². The first-order valence-electron chi connectivity index (χ1n) is 5.61. The quantitative estimate of drug-likeness (QED) is 0.607. The third-order valence-corrected chi connectivity index (χ3v) is 2.79. The second-order valence-corrected chi connectivity index (χ2v) is 3.90. The number of nitrogens with one attached hydrogen (secondary N) is 2. The van der Waals surface area contributed by atoms with Gasteiger partial charge in [0.25, 0.3) is 0 Å². The first kappa shape index (κ1) is 11.5. The Balaban J connectivity index is 2.59. The van der Waals surface area contributed by atoms with Crippen LogP contribution in [0.3, 0.4) is 0 Å². The average molecular weight is 231 g/mol. The number of nitrogens with two attached hydrogens (primary N) is 1. The summed E-state index contributed by atoms with van der Waals surface area (Å²) in [6.45, 7) is 0.117. The van der Waals surface area contributed by atoms with Crippen molar-refractivity contribution in [2.24, 2.45) is 0 Å². The Labute approximate surface area is 100 Å². The molecule has 0 aliphatic rings. The van der Waals surface area contributed by atoms with Crippen LogP contribution in [0.15, 0.2) is 30.5 Å². The Morgan fingerprint density at radius 3 is 2.82 bits per heavy atom. The lowest BCUT2D eigenvalue weighted by Crippen LogP contribution is -2.03. The topological polar surface area (TPSA) is 74.1 Å². The standard InChI is InChI=1S/C13H17N3O/c1-15-13-8-9(14)7-11(10(13)4-6-17)12-3-2-5-16-12/h2-3,5,7-8,15-17H,4,6,14H2,1H3. The van der Waals surface area contributed by atoms with Crippen LogP contribution in [0.25, 0.3) is 11.3 Å². The minimum absolute atomic E-state index is 0.117. The van der Waals surface area contributed by atoms with Gasteiger partial charge in [-0.3, -0.25) is 0 Å². The third kappa shape index (κ3) is 2.26. The third-order valence-electron chi connectivity index (χ3n) is 2.79. The van der Waals surface area contributed by atoms with Crippen LogP contribution < -0.4 is 11.1 Å². The summed E-state index contributed by atoms with van der Waals surface area (Å²) in [5.74, 6) is 0. The van der Waals surface area contributed by atoms with E-state index in [1.54, 1.807) is 0 Å². The highest BCUT2D eigenvalue weighted by molar-refractivity contribution is 5.76. The van der Waals surface area contributed by atoms with E-state index in [2.05, 4.69) is 10.3 Å². The second kappa shape index (κ2) is 4.93. The molecule has 0 spiro atoms. The number of aliphatic hydroxyl groups excluding tert-OH is 1. The van der Waals surface area contributed by atoms with Crippen molar-refractivity contribution in [3.8, 4) is 11.3 Å². The van der Waals surface area contributed by atoms with Crippen molar-refractivity contribution in [1.29, 1.82) is 0 Å². The molecular weight excluding hydrogens is 214 g/mol. The van der Waals surface area contributed by atoms with Crippen LogP contribution >= 0.6 is 0 Å². The number of nitrogen functional groups attached to an aromatic ring is 1. The lowest BCUT2D eigenvalue weighted by atomic mass is 9.99. The Hall–Kier alpha value is -1.94. The maximum absolute atomic E-state index is 9.16. The molecule has 90 valence electrons. The van der Waals surface area contributed by atoms with Crippen LogP contribution in [-0.2, 0) is 6.42 Å². The number of hydrogen-bond donors (Lipinski definition) is 4. The molecule has 4 heteroatoms. The van der Waals surface area contributed by atoms with Crippen molar-refractivity contribution in [3.05, 3.63) is 36.0 Å². The summed E-state index contributed by atoms with van der Waals surface area (Å²) in [4.78, 5) is 3.17. The molecule has 0 saturated heterocycles. The van der Waals surface area contributed by atoms with Crippen LogP contribution in [0.2, 0.25) is 0 Å². The Morgan fingerprint density at radius 2 is 2.24 bits per heavy atom. The normalized spacial score (nSPS) is 10.5. The number of aromatic nitrogens is 1. The van der Waals surface area contributed by atoms with Gasteiger partial charge in [0.1, 0.15) is 0 Å². The first-order chi connectivity index (χ1) is 8.26. The van der Waals surface area contributed by atoms with Gasteiger partial charge in [0.2, 0.25) is 0 Å². The summed E-state index contributed by atoms with van der Waals surface area (Å²) >= 11 is 0. The van der Waals surface area contributed by atoms with Crippen LogP contribution in [0.1, 0.15) is 5.56 Å². The van der Waals surface area contributed by atoms with Crippen LogP contribution in [-0.4, -0.2) is 23.7 Å². The zero-order valence-corrected chi connectivity index (χ0v) is 9.83. The van der Waals surface area contributed by atoms with Crippen molar-refractivity contribution >= 4 is 11.4 Å². The average Bonchev–Trinajstić information content (AvgIpc) is 2.84. The molecule has 4 nitrogen and oxygen atoms in total. The molecule has 1 aromatic carbocycles. The summed E-state index contributed by atoms with van der Waals surface area (Å²) in [5, 5.41) is 12.3. The molecule has 1 heterocycles. The zero-order valence-electron chi connectivity index (χ0n) is 9.83. The number of aliphatic hydroxyl groups is 1. The largest absolute Gasteiger partial charge is 0.399 e. The smallest absolute Gasteiger partial charge is 0.0472 e. The van der Waals surface area contributed by atoms with Crippen LogP contribution in [0, 0.1) is 0 Å². The molecule has 0 fully saturated rings. The molecule has 0 amide bonds. The summed E-state index contributed by atoms with van der Waals surface area (Å²) < 4.78 is 0. The molecule has 0 atom stereocenters. The number of hydrogen-bond acceptors (Lipinski definition) is 3. The predicted octanol–water partition coefficient (Wildman–Crippen LogP) is 1.84. The Bertz CT molecular complexity index is 492. The van der Waals surface area contributed by atoms with Gasteiger partial charge in [0.05, 0.1) is 0 Å². The Morgan fingerprint density at radius 1 is 1.41 bits per heavy atom. The van der Waals surface area contributed by atoms with Gasteiger partial charge < -0.3 is 21.1 Å². The maximum Gasteiger partial charge on any atom is 0.0472 e. The van der Waals surface area contributed by atoms with Gasteiger partial charge in [0, 0.05) is 42.5 Å². The lowest BCUT2D eigenvalue weighted by Gasteiger charge is -2.14. The number of aromatic amines is 1. The first-order valence-corrected chi connectivity index (χ1v) is 5.61. The van der Waals surface area contributed by atoms with E-state index in [9.17, 15) is 0 Å². The van der Waals surface area contributed by atoms with E-state index in [-0.39, 0.29) is 6.61 Å². The molecule has 0 radical (unpaired) electrons. The number of benzene rings is 1. The molecule has 5 N–H and O–H groups in total. The van der Waals surface area contributed by atoms with Gasteiger partial charge in [0.15, 0.2) is 0 Å². The maximum atomic E-state index is 9.16. The monoisotopic (exact) mass is 231 g/mol. The van der Waals surface area contributed by atoms with E-state index in [1.165, 1.54) is 0 Å². The molecular formula is C13H17N3O. The fourth-order valence-corrected chi connectivity index (χ4v) is 2.04. The van der Waals surface area contributed by atoms with E-state index in [0.29, 0.717) is 12.1 Å². The summed E-state index contributed by atoms with van der Waals surface area (Å²) in [6, 6.07) is 7.75. The fraction of sp³-hybridized carbons (Fsp3) is 0.231. The van der Waals surface area contributed by atoms with E-state index < -0.39 is 0 Å². The highest BCUT2D eigenvalue weighted by Gasteiger charge is 2.11. The highest BCUT2D eigenvalue weighted by atomic mass is 16.2. The van der Waals surface area contributed by atoms with Crippen molar-refractivity contribution in [1.82, 2.24) is 4.98 Å². The molecule has 17 heavy (non-hydrogen) atoms. The minimum Gasteiger partial charge on any atom is -0.399 e. The molecule has 0 unspecified atom stereocenters.